The normalized spacial score (nSPS) is 10.1. The number of pyridine rings is 1. The zero-order valence-electron chi connectivity index (χ0n) is 15.3. The lowest BCUT2D eigenvalue weighted by atomic mass is 9.96. The molecule has 0 aliphatic rings. The molecule has 0 amide bonds. The van der Waals surface area contributed by atoms with Gasteiger partial charge < -0.3 is 20.2 Å². The van der Waals surface area contributed by atoms with E-state index in [1.165, 1.54) is 7.11 Å². The average Bonchev–Trinajstić information content (AvgIpc) is 2.71. The molecule has 7 nitrogen and oxygen atoms in total. The van der Waals surface area contributed by atoms with E-state index in [1.807, 2.05) is 36.4 Å². The molecule has 0 aliphatic carbocycles. The van der Waals surface area contributed by atoms with E-state index in [4.69, 9.17) is 15.2 Å². The summed E-state index contributed by atoms with van der Waals surface area (Å²) in [4.78, 5) is 14.4. The van der Waals surface area contributed by atoms with Crippen LogP contribution in [0.15, 0.2) is 51.7 Å². The highest BCUT2D eigenvalue weighted by molar-refractivity contribution is 9.10. The molecule has 3 aromatic rings. The van der Waals surface area contributed by atoms with Gasteiger partial charge in [0, 0.05) is 10.0 Å². The molecule has 0 saturated carbocycles. The fourth-order valence-corrected chi connectivity index (χ4v) is 3.31. The lowest BCUT2D eigenvalue weighted by Gasteiger charge is -2.14. The monoisotopic (exact) mass is 450 g/mol. The van der Waals surface area contributed by atoms with Crippen molar-refractivity contribution < 1.29 is 9.47 Å². The molecule has 29 heavy (non-hydrogen) atoms. The Morgan fingerprint density at radius 2 is 1.86 bits per heavy atom. The van der Waals surface area contributed by atoms with Crippen LogP contribution in [0.2, 0.25) is 0 Å². The van der Waals surface area contributed by atoms with E-state index in [1.54, 1.807) is 18.2 Å². The summed E-state index contributed by atoms with van der Waals surface area (Å²) in [7, 11) is 1.48. The second-order valence-electron chi connectivity index (χ2n) is 6.00. The number of aromatic nitrogens is 1. The molecule has 144 valence electrons. The molecular formula is C21H15BrN4O3. The second kappa shape index (κ2) is 8.51. The number of hydrogen-bond donors (Lipinski definition) is 2. The molecular weight excluding hydrogens is 436 g/mol. The lowest BCUT2D eigenvalue weighted by molar-refractivity contribution is 0.284. The van der Waals surface area contributed by atoms with Crippen molar-refractivity contribution in [1.82, 2.24) is 4.98 Å². The molecule has 0 aliphatic heterocycles. The first-order chi connectivity index (χ1) is 14.0. The zero-order valence-corrected chi connectivity index (χ0v) is 16.9. The Hall–Kier alpha value is -3.75. The van der Waals surface area contributed by atoms with E-state index in [2.05, 4.69) is 20.9 Å². The van der Waals surface area contributed by atoms with Crippen LogP contribution in [0.1, 0.15) is 16.7 Å². The Balaban J connectivity index is 2.03. The first-order valence-electron chi connectivity index (χ1n) is 8.40. The predicted molar refractivity (Wildman–Crippen MR) is 111 cm³/mol. The minimum Gasteiger partial charge on any atom is -0.493 e. The SMILES string of the molecule is COc1cc(-c2c(C#N)c(N)[nH]c(=O)c2C#N)ccc1OCc1cccc(Br)c1. The average molecular weight is 451 g/mol. The van der Waals surface area contributed by atoms with Crippen molar-refractivity contribution >= 4 is 21.7 Å². The number of nitrogens with two attached hydrogens (primary N) is 1. The number of rotatable bonds is 5. The summed E-state index contributed by atoms with van der Waals surface area (Å²) in [6.45, 7) is 0.319. The maximum atomic E-state index is 12.1. The van der Waals surface area contributed by atoms with E-state index in [-0.39, 0.29) is 22.5 Å². The van der Waals surface area contributed by atoms with Crippen molar-refractivity contribution in [3.8, 4) is 34.8 Å². The number of nitrogens with zero attached hydrogens (tertiary/aromatic N) is 2. The number of anilines is 1. The highest BCUT2D eigenvalue weighted by atomic mass is 79.9. The molecule has 0 radical (unpaired) electrons. The molecule has 0 fully saturated rings. The Morgan fingerprint density at radius 1 is 1.10 bits per heavy atom. The fourth-order valence-electron chi connectivity index (χ4n) is 2.86. The van der Waals surface area contributed by atoms with E-state index < -0.39 is 5.56 Å². The van der Waals surface area contributed by atoms with Crippen LogP contribution in [0.25, 0.3) is 11.1 Å². The van der Waals surface area contributed by atoms with Crippen molar-refractivity contribution in [2.24, 2.45) is 0 Å². The summed E-state index contributed by atoms with van der Waals surface area (Å²) < 4.78 is 12.2. The van der Waals surface area contributed by atoms with E-state index in [9.17, 15) is 15.3 Å². The maximum Gasteiger partial charge on any atom is 0.268 e. The number of nitriles is 2. The summed E-state index contributed by atoms with van der Waals surface area (Å²) in [5.74, 6) is 0.774. The van der Waals surface area contributed by atoms with E-state index in [0.29, 0.717) is 23.7 Å². The van der Waals surface area contributed by atoms with Crippen LogP contribution < -0.4 is 20.8 Å². The Bertz CT molecular complexity index is 1220. The topological polar surface area (TPSA) is 125 Å². The van der Waals surface area contributed by atoms with E-state index in [0.717, 1.165) is 10.0 Å². The van der Waals surface area contributed by atoms with Crippen LogP contribution in [0, 0.1) is 22.7 Å². The third-order valence-electron chi connectivity index (χ3n) is 4.20. The van der Waals surface area contributed by atoms with Crippen molar-refractivity contribution in [3.05, 3.63) is 74.0 Å². The van der Waals surface area contributed by atoms with Gasteiger partial charge in [-0.25, -0.2) is 0 Å². The van der Waals surface area contributed by atoms with Gasteiger partial charge in [0.2, 0.25) is 0 Å². The summed E-state index contributed by atoms with van der Waals surface area (Å²) in [5.41, 5.74) is 6.51. The first kappa shape index (κ1) is 20.0. The number of aromatic amines is 1. The minimum atomic E-state index is -0.659. The Kier molecular flexibility index (Phi) is 5.87. The van der Waals surface area contributed by atoms with Gasteiger partial charge >= 0.3 is 0 Å². The third kappa shape index (κ3) is 4.08. The molecule has 8 heteroatoms. The molecule has 0 saturated heterocycles. The quantitative estimate of drug-likeness (QED) is 0.609. The van der Waals surface area contributed by atoms with Crippen molar-refractivity contribution in [1.29, 1.82) is 10.5 Å². The highest BCUT2D eigenvalue weighted by Gasteiger charge is 2.19. The maximum absolute atomic E-state index is 12.1. The summed E-state index contributed by atoms with van der Waals surface area (Å²) >= 11 is 3.42. The van der Waals surface area contributed by atoms with Gasteiger partial charge in [0.25, 0.3) is 5.56 Å². The van der Waals surface area contributed by atoms with Gasteiger partial charge in [0.1, 0.15) is 35.7 Å². The largest absolute Gasteiger partial charge is 0.493 e. The van der Waals surface area contributed by atoms with Gasteiger partial charge in [0.15, 0.2) is 11.5 Å². The van der Waals surface area contributed by atoms with Gasteiger partial charge in [-0.3, -0.25) is 4.79 Å². The first-order valence-corrected chi connectivity index (χ1v) is 9.19. The second-order valence-corrected chi connectivity index (χ2v) is 6.92. The lowest BCUT2D eigenvalue weighted by Crippen LogP contribution is -2.16. The van der Waals surface area contributed by atoms with Crippen LogP contribution >= 0.6 is 15.9 Å². The molecule has 3 rings (SSSR count). The van der Waals surface area contributed by atoms with Crippen molar-refractivity contribution in [3.63, 3.8) is 0 Å². The van der Waals surface area contributed by atoms with Crippen molar-refractivity contribution in [2.45, 2.75) is 6.61 Å². The zero-order chi connectivity index (χ0) is 21.0. The summed E-state index contributed by atoms with van der Waals surface area (Å²) in [6.07, 6.45) is 0. The van der Waals surface area contributed by atoms with Crippen LogP contribution in [0.4, 0.5) is 5.82 Å². The summed E-state index contributed by atoms with van der Waals surface area (Å²) in [5, 5.41) is 18.9. The van der Waals surface area contributed by atoms with E-state index >= 15 is 0 Å². The number of nitrogen functional groups attached to an aromatic ring is 1. The smallest absolute Gasteiger partial charge is 0.268 e. The third-order valence-corrected chi connectivity index (χ3v) is 4.70. The molecule has 0 bridgehead atoms. The van der Waals surface area contributed by atoms with Crippen LogP contribution in [0.3, 0.4) is 0 Å². The number of methoxy groups -OCH3 is 1. The minimum absolute atomic E-state index is 0.0195. The van der Waals surface area contributed by atoms with Gasteiger partial charge in [-0.1, -0.05) is 34.1 Å². The standard InChI is InChI=1S/C21H15BrN4O3/c1-28-18-8-13(19-15(9-23)20(25)26-21(27)16(19)10-24)5-6-17(18)29-11-12-3-2-4-14(22)7-12/h2-8H,11H2,1H3,(H3,25,26,27). The summed E-state index contributed by atoms with van der Waals surface area (Å²) in [6, 6.07) is 16.4. The molecule has 1 aromatic heterocycles. The molecule has 0 unspecified atom stereocenters. The Morgan fingerprint density at radius 3 is 2.52 bits per heavy atom. The molecule has 0 atom stereocenters. The van der Waals surface area contributed by atoms with Gasteiger partial charge in [-0.2, -0.15) is 10.5 Å². The molecule has 1 heterocycles. The number of ether oxygens (including phenoxy) is 2. The number of benzene rings is 2. The fraction of sp³-hybridized carbons (Fsp3) is 0.0952. The molecule has 0 spiro atoms. The number of H-pyrrole nitrogens is 1. The number of halogens is 1. The van der Waals surface area contributed by atoms with Crippen molar-refractivity contribution in [2.75, 3.05) is 12.8 Å². The number of nitrogens with one attached hydrogen (secondary N) is 1. The predicted octanol–water partition coefficient (Wildman–Crippen LogP) is 3.72. The van der Waals surface area contributed by atoms with Crippen LogP contribution in [-0.4, -0.2) is 12.1 Å². The van der Waals surface area contributed by atoms with Crippen LogP contribution in [0.5, 0.6) is 11.5 Å². The highest BCUT2D eigenvalue weighted by Crippen LogP contribution is 2.36. The number of hydrogen-bond acceptors (Lipinski definition) is 6. The van der Waals surface area contributed by atoms with Gasteiger partial charge in [0.05, 0.1) is 7.11 Å². The molecule has 3 N–H and O–H groups in total. The van der Waals surface area contributed by atoms with Crippen LogP contribution in [-0.2, 0) is 6.61 Å². The Labute approximate surface area is 175 Å². The molecule has 2 aromatic carbocycles. The van der Waals surface area contributed by atoms with Gasteiger partial charge in [-0.05, 0) is 35.4 Å². The van der Waals surface area contributed by atoms with Gasteiger partial charge in [-0.15, -0.1) is 0 Å².